The van der Waals surface area contributed by atoms with E-state index in [0.29, 0.717) is 23.2 Å². The molecule has 3 heterocycles. The van der Waals surface area contributed by atoms with Crippen molar-refractivity contribution < 1.29 is 4.42 Å². The zero-order chi connectivity index (χ0) is 40.5. The van der Waals surface area contributed by atoms with Crippen LogP contribution < -0.4 is 0 Å². The van der Waals surface area contributed by atoms with Gasteiger partial charge in [0.1, 0.15) is 16.9 Å². The molecule has 0 saturated heterocycles. The molecule has 11 rings (SSSR count). The SMILES string of the molecule is c1ccc(-c2cccc(-c3ccc(-c4ccc5oc6cccc(-c7cc(-c8ccccc8)cc(-c8nc(-c9ccccc9)nc(-c9ccccc9)n8)n7)c6c5c4)cc3)c2)cc1. The highest BCUT2D eigenvalue weighted by Crippen LogP contribution is 2.40. The largest absolute Gasteiger partial charge is 0.456 e. The number of pyridine rings is 1. The van der Waals surface area contributed by atoms with Gasteiger partial charge in [0, 0.05) is 27.5 Å². The summed E-state index contributed by atoms with van der Waals surface area (Å²) in [6.45, 7) is 0. The lowest BCUT2D eigenvalue weighted by atomic mass is 9.96. The van der Waals surface area contributed by atoms with Gasteiger partial charge in [0.15, 0.2) is 17.5 Å². The molecular formula is C56H36N4O. The number of furan rings is 1. The fourth-order valence-corrected chi connectivity index (χ4v) is 8.09. The van der Waals surface area contributed by atoms with Gasteiger partial charge in [0.25, 0.3) is 0 Å². The molecule has 3 aromatic heterocycles. The quantitative estimate of drug-likeness (QED) is 0.154. The summed E-state index contributed by atoms with van der Waals surface area (Å²) in [6, 6.07) is 75.3. The van der Waals surface area contributed by atoms with Gasteiger partial charge >= 0.3 is 0 Å². The third-order valence-corrected chi connectivity index (χ3v) is 11.2. The smallest absolute Gasteiger partial charge is 0.182 e. The predicted molar refractivity (Wildman–Crippen MR) is 248 cm³/mol. The number of benzene rings is 8. The number of rotatable bonds is 8. The molecule has 0 saturated carbocycles. The zero-order valence-corrected chi connectivity index (χ0v) is 33.0. The van der Waals surface area contributed by atoms with E-state index in [4.69, 9.17) is 24.4 Å². The molecule has 5 heteroatoms. The molecule has 0 N–H and O–H groups in total. The van der Waals surface area contributed by atoms with E-state index in [1.54, 1.807) is 0 Å². The normalized spacial score (nSPS) is 11.3. The van der Waals surface area contributed by atoms with Crippen molar-refractivity contribution in [1.29, 1.82) is 0 Å². The molecule has 0 atom stereocenters. The summed E-state index contributed by atoms with van der Waals surface area (Å²) in [5.41, 5.74) is 14.9. The topological polar surface area (TPSA) is 64.7 Å². The zero-order valence-electron chi connectivity index (χ0n) is 33.0. The lowest BCUT2D eigenvalue weighted by Crippen LogP contribution is -2.02. The van der Waals surface area contributed by atoms with Crippen LogP contribution in [0.1, 0.15) is 0 Å². The Morgan fingerprint density at radius 1 is 0.262 bits per heavy atom. The van der Waals surface area contributed by atoms with Crippen molar-refractivity contribution in [2.24, 2.45) is 0 Å². The molecule has 0 aliphatic heterocycles. The summed E-state index contributed by atoms with van der Waals surface area (Å²) in [4.78, 5) is 20.4. The minimum absolute atomic E-state index is 0.494. The first kappa shape index (κ1) is 35.8. The average Bonchev–Trinajstić information content (AvgIpc) is 3.73. The van der Waals surface area contributed by atoms with E-state index >= 15 is 0 Å². The Hall–Kier alpha value is -8.28. The number of nitrogens with zero attached hydrogens (tertiary/aromatic N) is 4. The lowest BCUT2D eigenvalue weighted by Gasteiger charge is -2.12. The Morgan fingerprint density at radius 3 is 1.30 bits per heavy atom. The van der Waals surface area contributed by atoms with Crippen LogP contribution in [0, 0.1) is 0 Å². The Labute approximate surface area is 353 Å². The molecule has 0 aliphatic carbocycles. The molecule has 0 unspecified atom stereocenters. The summed E-state index contributed by atoms with van der Waals surface area (Å²) in [6.07, 6.45) is 0. The van der Waals surface area contributed by atoms with Gasteiger partial charge in [-0.1, -0.05) is 182 Å². The van der Waals surface area contributed by atoms with Crippen molar-refractivity contribution in [3.8, 4) is 90.1 Å². The molecule has 286 valence electrons. The molecule has 5 nitrogen and oxygen atoms in total. The maximum atomic E-state index is 6.53. The third kappa shape index (κ3) is 7.04. The summed E-state index contributed by atoms with van der Waals surface area (Å²) in [5, 5.41) is 2.03. The maximum Gasteiger partial charge on any atom is 0.182 e. The van der Waals surface area contributed by atoms with E-state index in [1.807, 2.05) is 78.9 Å². The summed E-state index contributed by atoms with van der Waals surface area (Å²) < 4.78 is 6.53. The second-order valence-electron chi connectivity index (χ2n) is 15.0. The van der Waals surface area contributed by atoms with Crippen LogP contribution in [0.2, 0.25) is 0 Å². The van der Waals surface area contributed by atoms with E-state index in [2.05, 4.69) is 140 Å². The average molecular weight is 781 g/mol. The van der Waals surface area contributed by atoms with Crippen LogP contribution in [-0.4, -0.2) is 19.9 Å². The first-order valence-electron chi connectivity index (χ1n) is 20.4. The van der Waals surface area contributed by atoms with E-state index in [1.165, 1.54) is 22.3 Å². The van der Waals surface area contributed by atoms with Gasteiger partial charge in [-0.25, -0.2) is 19.9 Å². The van der Waals surface area contributed by atoms with Gasteiger partial charge in [-0.15, -0.1) is 0 Å². The molecule has 0 fully saturated rings. The van der Waals surface area contributed by atoms with Crippen LogP contribution in [0.15, 0.2) is 223 Å². The van der Waals surface area contributed by atoms with Crippen molar-refractivity contribution in [1.82, 2.24) is 19.9 Å². The highest BCUT2D eigenvalue weighted by molar-refractivity contribution is 6.13. The molecule has 8 aromatic carbocycles. The third-order valence-electron chi connectivity index (χ3n) is 11.2. The first-order valence-corrected chi connectivity index (χ1v) is 20.4. The lowest BCUT2D eigenvalue weighted by molar-refractivity contribution is 0.669. The number of hydrogen-bond acceptors (Lipinski definition) is 5. The predicted octanol–water partition coefficient (Wildman–Crippen LogP) is 14.5. The molecule has 61 heavy (non-hydrogen) atoms. The molecule has 11 aromatic rings. The standard InChI is InChI=1S/C56H36N4O/c1-5-15-37(16-6-1)43-23-13-24-44(33-43)39-27-29-40(30-28-39)45-31-32-51-48(34-45)53-47(25-14-26-52(53)61-51)49-35-46(38-17-7-2-8-18-38)36-50(57-49)56-59-54(41-19-9-3-10-20-41)58-55(60-56)42-21-11-4-12-22-42/h1-36H. The first-order chi connectivity index (χ1) is 30.2. The minimum Gasteiger partial charge on any atom is -0.456 e. The summed E-state index contributed by atoms with van der Waals surface area (Å²) in [5.74, 6) is 1.66. The van der Waals surface area contributed by atoms with Gasteiger partial charge in [0.05, 0.1) is 5.69 Å². The van der Waals surface area contributed by atoms with E-state index in [9.17, 15) is 0 Å². The van der Waals surface area contributed by atoms with E-state index < -0.39 is 0 Å². The Morgan fingerprint density at radius 2 is 0.705 bits per heavy atom. The monoisotopic (exact) mass is 780 g/mol. The molecule has 0 aliphatic rings. The van der Waals surface area contributed by atoms with Crippen LogP contribution >= 0.6 is 0 Å². The second kappa shape index (κ2) is 15.5. The maximum absolute atomic E-state index is 6.53. The van der Waals surface area contributed by atoms with E-state index in [0.717, 1.165) is 66.6 Å². The van der Waals surface area contributed by atoms with Gasteiger partial charge in [-0.3, -0.25) is 0 Å². The Bertz CT molecular complexity index is 3270. The Kier molecular flexibility index (Phi) is 9.10. The molecule has 0 radical (unpaired) electrons. The van der Waals surface area contributed by atoms with Crippen LogP contribution in [0.4, 0.5) is 0 Å². The second-order valence-corrected chi connectivity index (χ2v) is 15.0. The highest BCUT2D eigenvalue weighted by atomic mass is 16.3. The van der Waals surface area contributed by atoms with Gasteiger partial charge in [-0.2, -0.15) is 0 Å². The molecular weight excluding hydrogens is 745 g/mol. The fraction of sp³-hybridized carbons (Fsp3) is 0. The van der Waals surface area contributed by atoms with Crippen LogP contribution in [0.5, 0.6) is 0 Å². The Balaban J connectivity index is 1.03. The molecule has 0 bridgehead atoms. The molecule has 0 spiro atoms. The van der Waals surface area contributed by atoms with Gasteiger partial charge in [0.2, 0.25) is 0 Å². The van der Waals surface area contributed by atoms with E-state index in [-0.39, 0.29) is 0 Å². The number of aromatic nitrogens is 4. The van der Waals surface area contributed by atoms with Crippen LogP contribution in [0.3, 0.4) is 0 Å². The molecule has 0 amide bonds. The van der Waals surface area contributed by atoms with Gasteiger partial charge < -0.3 is 4.42 Å². The highest BCUT2D eigenvalue weighted by Gasteiger charge is 2.19. The number of hydrogen-bond donors (Lipinski definition) is 0. The van der Waals surface area contributed by atoms with Crippen molar-refractivity contribution in [3.63, 3.8) is 0 Å². The van der Waals surface area contributed by atoms with Crippen molar-refractivity contribution in [2.75, 3.05) is 0 Å². The summed E-state index contributed by atoms with van der Waals surface area (Å²) >= 11 is 0. The van der Waals surface area contributed by atoms with Crippen molar-refractivity contribution >= 4 is 21.9 Å². The van der Waals surface area contributed by atoms with Crippen molar-refractivity contribution in [3.05, 3.63) is 218 Å². The van der Waals surface area contributed by atoms with Crippen LogP contribution in [0.25, 0.3) is 112 Å². The minimum atomic E-state index is 0.494. The summed E-state index contributed by atoms with van der Waals surface area (Å²) in [7, 11) is 0. The van der Waals surface area contributed by atoms with Gasteiger partial charge in [-0.05, 0) is 80.9 Å². The van der Waals surface area contributed by atoms with Crippen LogP contribution in [-0.2, 0) is 0 Å². The fourth-order valence-electron chi connectivity index (χ4n) is 8.09. The number of fused-ring (bicyclic) bond motifs is 3. The van der Waals surface area contributed by atoms with Crippen molar-refractivity contribution in [2.45, 2.75) is 0 Å².